The highest BCUT2D eigenvalue weighted by atomic mass is 16.5. The van der Waals surface area contributed by atoms with Crippen molar-refractivity contribution in [3.05, 3.63) is 35.9 Å². The van der Waals surface area contributed by atoms with Gasteiger partial charge in [0, 0.05) is 0 Å². The molecule has 0 spiro atoms. The van der Waals surface area contributed by atoms with E-state index in [-0.39, 0.29) is 11.3 Å². The van der Waals surface area contributed by atoms with E-state index in [1.54, 1.807) is 25.3 Å². The molecule has 0 saturated heterocycles. The Labute approximate surface area is 98.4 Å². The third kappa shape index (κ3) is 2.01. The number of carbonyl (C=O) groups is 1. The van der Waals surface area contributed by atoms with Crippen LogP contribution in [0.25, 0.3) is 10.8 Å². The van der Waals surface area contributed by atoms with Gasteiger partial charge in [0.1, 0.15) is 17.1 Å². The highest BCUT2D eigenvalue weighted by Crippen LogP contribution is 2.28. The highest BCUT2D eigenvalue weighted by molar-refractivity contribution is 5.98. The number of phenols is 1. The largest absolute Gasteiger partial charge is 0.507 e. The zero-order chi connectivity index (χ0) is 12.4. The fourth-order valence-electron chi connectivity index (χ4n) is 1.66. The fraction of sp³-hybridized carbons (Fsp3) is 0.154. The van der Waals surface area contributed by atoms with Crippen LogP contribution in [0.5, 0.6) is 11.5 Å². The zero-order valence-corrected chi connectivity index (χ0v) is 9.56. The summed E-state index contributed by atoms with van der Waals surface area (Å²) < 4.78 is 9.68. The Balaban J connectivity index is 2.62. The van der Waals surface area contributed by atoms with Gasteiger partial charge in [-0.1, -0.05) is 6.07 Å². The first-order valence-corrected chi connectivity index (χ1v) is 5.05. The lowest BCUT2D eigenvalue weighted by Gasteiger charge is -2.06. The van der Waals surface area contributed by atoms with Crippen molar-refractivity contribution in [2.24, 2.45) is 0 Å². The molecule has 0 bridgehead atoms. The number of fused-ring (bicyclic) bond motifs is 1. The van der Waals surface area contributed by atoms with Gasteiger partial charge in [0.15, 0.2) is 0 Å². The number of hydrogen-bond acceptors (Lipinski definition) is 4. The van der Waals surface area contributed by atoms with Crippen LogP contribution in [0.2, 0.25) is 0 Å². The minimum absolute atomic E-state index is 0.0994. The van der Waals surface area contributed by atoms with Crippen LogP contribution in [0.3, 0.4) is 0 Å². The molecule has 17 heavy (non-hydrogen) atoms. The topological polar surface area (TPSA) is 55.8 Å². The number of methoxy groups -OCH3 is 2. The maximum Gasteiger partial charge on any atom is 0.341 e. The van der Waals surface area contributed by atoms with Crippen LogP contribution in [-0.4, -0.2) is 25.3 Å². The molecule has 0 atom stereocenters. The number of carbonyl (C=O) groups excluding carboxylic acids is 1. The van der Waals surface area contributed by atoms with E-state index >= 15 is 0 Å². The van der Waals surface area contributed by atoms with E-state index in [1.807, 2.05) is 6.07 Å². The number of esters is 1. The van der Waals surface area contributed by atoms with Crippen molar-refractivity contribution in [3.63, 3.8) is 0 Å². The molecule has 0 radical (unpaired) electrons. The molecule has 0 unspecified atom stereocenters. The molecule has 2 aromatic carbocycles. The van der Waals surface area contributed by atoms with Gasteiger partial charge < -0.3 is 14.6 Å². The van der Waals surface area contributed by atoms with Gasteiger partial charge in [-0.05, 0) is 35.0 Å². The summed E-state index contributed by atoms with van der Waals surface area (Å²) in [6, 6.07) is 8.51. The molecule has 4 heteroatoms. The Hall–Kier alpha value is -2.23. The maximum absolute atomic E-state index is 11.4. The Morgan fingerprint density at radius 3 is 2.53 bits per heavy atom. The Kier molecular flexibility index (Phi) is 2.87. The molecule has 0 aliphatic rings. The van der Waals surface area contributed by atoms with Gasteiger partial charge in [0.25, 0.3) is 0 Å². The highest BCUT2D eigenvalue weighted by Gasteiger charge is 2.12. The Morgan fingerprint density at radius 1 is 1.12 bits per heavy atom. The summed E-state index contributed by atoms with van der Waals surface area (Å²) in [5.41, 5.74) is 0.158. The van der Waals surface area contributed by atoms with Gasteiger partial charge >= 0.3 is 5.97 Å². The molecule has 1 N–H and O–H groups in total. The first-order chi connectivity index (χ1) is 8.15. The number of phenolic OH excluding ortho intramolecular Hbond substituents is 1. The lowest BCUT2D eigenvalue weighted by molar-refractivity contribution is 0.0597. The standard InChI is InChI=1S/C13H12O4/c1-16-10-4-3-8-6-11(13(15)17-2)12(14)7-9(8)5-10/h3-7,14H,1-2H3. The summed E-state index contributed by atoms with van der Waals surface area (Å²) in [5.74, 6) is 0.0422. The summed E-state index contributed by atoms with van der Waals surface area (Å²) in [5, 5.41) is 11.4. The average Bonchev–Trinajstić information content (AvgIpc) is 2.36. The molecule has 0 fully saturated rings. The van der Waals surface area contributed by atoms with E-state index in [2.05, 4.69) is 4.74 Å². The van der Waals surface area contributed by atoms with Crippen LogP contribution >= 0.6 is 0 Å². The van der Waals surface area contributed by atoms with E-state index in [0.29, 0.717) is 5.75 Å². The first-order valence-electron chi connectivity index (χ1n) is 5.05. The number of benzene rings is 2. The second kappa shape index (κ2) is 4.33. The molecule has 4 nitrogen and oxygen atoms in total. The van der Waals surface area contributed by atoms with Gasteiger partial charge in [0.05, 0.1) is 14.2 Å². The molecule has 0 amide bonds. The third-order valence-electron chi connectivity index (χ3n) is 2.57. The molecule has 88 valence electrons. The zero-order valence-electron chi connectivity index (χ0n) is 9.56. The molecular weight excluding hydrogens is 220 g/mol. The van der Waals surface area contributed by atoms with E-state index in [9.17, 15) is 9.90 Å². The summed E-state index contributed by atoms with van der Waals surface area (Å²) in [6.07, 6.45) is 0. The van der Waals surface area contributed by atoms with E-state index in [4.69, 9.17) is 4.74 Å². The predicted octanol–water partition coefficient (Wildman–Crippen LogP) is 2.34. The summed E-state index contributed by atoms with van der Waals surface area (Å²) >= 11 is 0. The Bertz CT molecular complexity index is 575. The van der Waals surface area contributed by atoms with Crippen molar-refractivity contribution in [2.45, 2.75) is 0 Å². The second-order valence-electron chi connectivity index (χ2n) is 3.57. The van der Waals surface area contributed by atoms with Crippen LogP contribution in [-0.2, 0) is 4.74 Å². The van der Waals surface area contributed by atoms with Gasteiger partial charge in [-0.25, -0.2) is 4.79 Å². The minimum atomic E-state index is -0.555. The van der Waals surface area contributed by atoms with Crippen molar-refractivity contribution < 1.29 is 19.4 Å². The molecule has 2 rings (SSSR count). The number of ether oxygens (including phenoxy) is 2. The lowest BCUT2D eigenvalue weighted by atomic mass is 10.1. The number of rotatable bonds is 2. The van der Waals surface area contributed by atoms with Crippen molar-refractivity contribution in [3.8, 4) is 11.5 Å². The maximum atomic E-state index is 11.4. The van der Waals surface area contributed by atoms with Gasteiger partial charge in [-0.15, -0.1) is 0 Å². The van der Waals surface area contributed by atoms with Gasteiger partial charge in [-0.3, -0.25) is 0 Å². The molecule has 0 saturated carbocycles. The van der Waals surface area contributed by atoms with E-state index in [1.165, 1.54) is 13.2 Å². The third-order valence-corrected chi connectivity index (χ3v) is 2.57. The fourth-order valence-corrected chi connectivity index (χ4v) is 1.66. The normalized spacial score (nSPS) is 10.2. The van der Waals surface area contributed by atoms with Crippen molar-refractivity contribution in [1.82, 2.24) is 0 Å². The van der Waals surface area contributed by atoms with Crippen LogP contribution in [0.4, 0.5) is 0 Å². The molecule has 0 aliphatic heterocycles. The van der Waals surface area contributed by atoms with Crippen LogP contribution in [0.15, 0.2) is 30.3 Å². The summed E-state index contributed by atoms with van der Waals surface area (Å²) in [4.78, 5) is 11.4. The molecular formula is C13H12O4. The monoisotopic (exact) mass is 232 g/mol. The Morgan fingerprint density at radius 2 is 1.88 bits per heavy atom. The first kappa shape index (κ1) is 11.3. The lowest BCUT2D eigenvalue weighted by Crippen LogP contribution is -2.01. The van der Waals surface area contributed by atoms with Gasteiger partial charge in [0.2, 0.25) is 0 Å². The quantitative estimate of drug-likeness (QED) is 0.807. The number of aromatic hydroxyl groups is 1. The predicted molar refractivity (Wildman–Crippen MR) is 63.5 cm³/mol. The average molecular weight is 232 g/mol. The van der Waals surface area contributed by atoms with E-state index in [0.717, 1.165) is 10.8 Å². The van der Waals surface area contributed by atoms with Crippen molar-refractivity contribution in [2.75, 3.05) is 14.2 Å². The molecule has 0 aliphatic carbocycles. The van der Waals surface area contributed by atoms with Crippen LogP contribution in [0, 0.1) is 0 Å². The summed E-state index contributed by atoms with van der Waals surface area (Å²) in [7, 11) is 2.85. The number of hydrogen-bond donors (Lipinski definition) is 1. The molecule has 2 aromatic rings. The smallest absolute Gasteiger partial charge is 0.341 e. The second-order valence-corrected chi connectivity index (χ2v) is 3.57. The van der Waals surface area contributed by atoms with Crippen LogP contribution < -0.4 is 4.74 Å². The van der Waals surface area contributed by atoms with Crippen molar-refractivity contribution >= 4 is 16.7 Å². The van der Waals surface area contributed by atoms with Crippen molar-refractivity contribution in [1.29, 1.82) is 0 Å². The van der Waals surface area contributed by atoms with Crippen LogP contribution in [0.1, 0.15) is 10.4 Å². The van der Waals surface area contributed by atoms with Gasteiger partial charge in [-0.2, -0.15) is 0 Å². The summed E-state index contributed by atoms with van der Waals surface area (Å²) in [6.45, 7) is 0. The van der Waals surface area contributed by atoms with E-state index < -0.39 is 5.97 Å². The SMILES string of the molecule is COC(=O)c1cc2ccc(OC)cc2cc1O. The molecule has 0 aromatic heterocycles. The molecule has 0 heterocycles. The minimum Gasteiger partial charge on any atom is -0.507 e.